The lowest BCUT2D eigenvalue weighted by molar-refractivity contribution is 0.0997. The SMILES string of the molecule is OCCCC[C@H](CO)N(Cc1ccccc1)Cc1ccccc1. The van der Waals surface area contributed by atoms with Gasteiger partial charge in [0.25, 0.3) is 0 Å². The third kappa shape index (κ3) is 6.14. The Kier molecular flexibility index (Phi) is 7.81. The molecule has 0 fully saturated rings. The Labute approximate surface area is 139 Å². The second-order valence-corrected chi connectivity index (χ2v) is 5.93. The maximum atomic E-state index is 9.85. The Morgan fingerprint density at radius 3 is 1.70 bits per heavy atom. The van der Waals surface area contributed by atoms with E-state index in [4.69, 9.17) is 5.11 Å². The van der Waals surface area contributed by atoms with Gasteiger partial charge in [0.2, 0.25) is 0 Å². The molecule has 0 amide bonds. The van der Waals surface area contributed by atoms with Gasteiger partial charge in [-0.05, 0) is 30.4 Å². The minimum Gasteiger partial charge on any atom is -0.396 e. The van der Waals surface area contributed by atoms with Crippen molar-refractivity contribution in [2.75, 3.05) is 13.2 Å². The molecular weight excluding hydrogens is 286 g/mol. The van der Waals surface area contributed by atoms with E-state index in [-0.39, 0.29) is 19.3 Å². The zero-order valence-electron chi connectivity index (χ0n) is 13.6. The van der Waals surface area contributed by atoms with Crippen LogP contribution in [0.2, 0.25) is 0 Å². The molecule has 2 rings (SSSR count). The molecule has 0 saturated heterocycles. The van der Waals surface area contributed by atoms with Crippen LogP contribution in [0.4, 0.5) is 0 Å². The summed E-state index contributed by atoms with van der Waals surface area (Å²) in [5.74, 6) is 0. The van der Waals surface area contributed by atoms with Crippen molar-refractivity contribution in [3.05, 3.63) is 71.8 Å². The molecule has 2 N–H and O–H groups in total. The van der Waals surface area contributed by atoms with Gasteiger partial charge in [-0.2, -0.15) is 0 Å². The Morgan fingerprint density at radius 2 is 1.26 bits per heavy atom. The van der Waals surface area contributed by atoms with E-state index in [2.05, 4.69) is 53.4 Å². The quantitative estimate of drug-likeness (QED) is 0.662. The first kappa shape index (κ1) is 17.7. The Hall–Kier alpha value is -1.68. The maximum Gasteiger partial charge on any atom is 0.0587 e. The van der Waals surface area contributed by atoms with Crippen LogP contribution in [0.25, 0.3) is 0 Å². The van der Waals surface area contributed by atoms with Crippen molar-refractivity contribution >= 4 is 0 Å². The molecule has 1 atom stereocenters. The smallest absolute Gasteiger partial charge is 0.0587 e. The van der Waals surface area contributed by atoms with Gasteiger partial charge in [0.1, 0.15) is 0 Å². The van der Waals surface area contributed by atoms with Crippen molar-refractivity contribution in [3.63, 3.8) is 0 Å². The Morgan fingerprint density at radius 1 is 0.739 bits per heavy atom. The number of aliphatic hydroxyl groups is 2. The molecule has 0 aromatic heterocycles. The van der Waals surface area contributed by atoms with E-state index in [0.717, 1.165) is 32.4 Å². The molecule has 2 aromatic carbocycles. The van der Waals surface area contributed by atoms with Crippen molar-refractivity contribution in [1.29, 1.82) is 0 Å². The molecule has 0 unspecified atom stereocenters. The minimum absolute atomic E-state index is 0.113. The summed E-state index contributed by atoms with van der Waals surface area (Å²) in [6.07, 6.45) is 2.62. The number of unbranched alkanes of at least 4 members (excludes halogenated alkanes) is 1. The molecule has 23 heavy (non-hydrogen) atoms. The van der Waals surface area contributed by atoms with Gasteiger partial charge in [0.15, 0.2) is 0 Å². The van der Waals surface area contributed by atoms with Gasteiger partial charge in [0.05, 0.1) is 6.61 Å². The average molecular weight is 313 g/mol. The molecule has 0 saturated carbocycles. The van der Waals surface area contributed by atoms with Gasteiger partial charge in [-0.15, -0.1) is 0 Å². The average Bonchev–Trinajstić information content (AvgIpc) is 2.60. The number of hydrogen-bond acceptors (Lipinski definition) is 3. The Bertz CT molecular complexity index is 488. The fourth-order valence-corrected chi connectivity index (χ4v) is 2.83. The van der Waals surface area contributed by atoms with Gasteiger partial charge < -0.3 is 10.2 Å². The number of hydrogen-bond donors (Lipinski definition) is 2. The third-order valence-corrected chi connectivity index (χ3v) is 4.13. The molecule has 3 nitrogen and oxygen atoms in total. The van der Waals surface area contributed by atoms with Crippen LogP contribution in [0.15, 0.2) is 60.7 Å². The molecule has 2 aromatic rings. The van der Waals surface area contributed by atoms with E-state index < -0.39 is 0 Å². The minimum atomic E-state index is 0.113. The van der Waals surface area contributed by atoms with Crippen molar-refractivity contribution < 1.29 is 10.2 Å². The highest BCUT2D eigenvalue weighted by molar-refractivity contribution is 5.17. The topological polar surface area (TPSA) is 43.7 Å². The molecule has 0 aliphatic heterocycles. The molecule has 0 spiro atoms. The van der Waals surface area contributed by atoms with Crippen LogP contribution in [0, 0.1) is 0 Å². The van der Waals surface area contributed by atoms with Crippen molar-refractivity contribution in [1.82, 2.24) is 4.90 Å². The molecule has 124 valence electrons. The summed E-state index contributed by atoms with van der Waals surface area (Å²) in [5, 5.41) is 18.8. The highest BCUT2D eigenvalue weighted by Gasteiger charge is 2.18. The zero-order chi connectivity index (χ0) is 16.3. The highest BCUT2D eigenvalue weighted by Crippen LogP contribution is 2.17. The van der Waals surface area contributed by atoms with Gasteiger partial charge in [-0.1, -0.05) is 60.7 Å². The molecule has 0 radical (unpaired) electrons. The summed E-state index contributed by atoms with van der Waals surface area (Å²) < 4.78 is 0. The van der Waals surface area contributed by atoms with Crippen LogP contribution in [0.3, 0.4) is 0 Å². The molecular formula is C20H27NO2. The monoisotopic (exact) mass is 313 g/mol. The van der Waals surface area contributed by atoms with Gasteiger partial charge in [-0.25, -0.2) is 0 Å². The van der Waals surface area contributed by atoms with Crippen molar-refractivity contribution in [3.8, 4) is 0 Å². The zero-order valence-corrected chi connectivity index (χ0v) is 13.6. The van der Waals surface area contributed by atoms with Gasteiger partial charge in [0, 0.05) is 25.7 Å². The van der Waals surface area contributed by atoms with Gasteiger partial charge >= 0.3 is 0 Å². The molecule has 0 heterocycles. The van der Waals surface area contributed by atoms with E-state index >= 15 is 0 Å². The fraction of sp³-hybridized carbons (Fsp3) is 0.400. The molecule has 0 aliphatic rings. The predicted octanol–water partition coefficient (Wildman–Crippen LogP) is 3.21. The lowest BCUT2D eigenvalue weighted by Gasteiger charge is -2.31. The number of rotatable bonds is 10. The number of benzene rings is 2. The van der Waals surface area contributed by atoms with Crippen LogP contribution >= 0.6 is 0 Å². The van der Waals surface area contributed by atoms with E-state index in [9.17, 15) is 5.11 Å². The number of aliphatic hydroxyl groups excluding tert-OH is 2. The predicted molar refractivity (Wildman–Crippen MR) is 93.9 cm³/mol. The fourth-order valence-electron chi connectivity index (χ4n) is 2.83. The number of nitrogens with zero attached hydrogens (tertiary/aromatic N) is 1. The lowest BCUT2D eigenvalue weighted by atomic mass is 10.1. The van der Waals surface area contributed by atoms with E-state index in [0.29, 0.717) is 0 Å². The van der Waals surface area contributed by atoms with Crippen LogP contribution in [-0.4, -0.2) is 34.4 Å². The summed E-state index contributed by atoms with van der Waals surface area (Å²) >= 11 is 0. The standard InChI is InChI=1S/C20H27NO2/c22-14-8-7-13-20(17-23)21(15-18-9-3-1-4-10-18)16-19-11-5-2-6-12-19/h1-6,9-12,20,22-23H,7-8,13-17H2/t20-/m1/s1. The van der Waals surface area contributed by atoms with Crippen molar-refractivity contribution in [2.45, 2.75) is 38.4 Å². The molecule has 0 bridgehead atoms. The lowest BCUT2D eigenvalue weighted by Crippen LogP contribution is -2.37. The van der Waals surface area contributed by atoms with Crippen LogP contribution in [-0.2, 0) is 13.1 Å². The molecule has 3 heteroatoms. The second-order valence-electron chi connectivity index (χ2n) is 5.93. The summed E-state index contributed by atoms with van der Waals surface area (Å²) in [7, 11) is 0. The molecule has 0 aliphatic carbocycles. The first-order valence-corrected chi connectivity index (χ1v) is 8.37. The Balaban J connectivity index is 2.08. The normalized spacial score (nSPS) is 12.5. The summed E-state index contributed by atoms with van der Waals surface area (Å²) in [5.41, 5.74) is 2.51. The summed E-state index contributed by atoms with van der Waals surface area (Å²) in [4.78, 5) is 2.34. The summed E-state index contributed by atoms with van der Waals surface area (Å²) in [6, 6.07) is 20.9. The van der Waals surface area contributed by atoms with Crippen LogP contribution < -0.4 is 0 Å². The van der Waals surface area contributed by atoms with Crippen molar-refractivity contribution in [2.24, 2.45) is 0 Å². The maximum absolute atomic E-state index is 9.85. The highest BCUT2D eigenvalue weighted by atomic mass is 16.3. The summed E-state index contributed by atoms with van der Waals surface area (Å²) in [6.45, 7) is 2.00. The van der Waals surface area contributed by atoms with E-state index in [1.807, 2.05) is 12.1 Å². The first-order chi connectivity index (χ1) is 11.3. The van der Waals surface area contributed by atoms with E-state index in [1.165, 1.54) is 11.1 Å². The first-order valence-electron chi connectivity index (χ1n) is 8.37. The van der Waals surface area contributed by atoms with Gasteiger partial charge in [-0.3, -0.25) is 4.90 Å². The largest absolute Gasteiger partial charge is 0.396 e. The van der Waals surface area contributed by atoms with Crippen LogP contribution in [0.1, 0.15) is 30.4 Å². The van der Waals surface area contributed by atoms with Crippen LogP contribution in [0.5, 0.6) is 0 Å². The second kappa shape index (κ2) is 10.2. The third-order valence-electron chi connectivity index (χ3n) is 4.13. The van der Waals surface area contributed by atoms with E-state index in [1.54, 1.807) is 0 Å².